The lowest BCUT2D eigenvalue weighted by Gasteiger charge is -2.41. The van der Waals surface area contributed by atoms with Crippen molar-refractivity contribution in [3.63, 3.8) is 0 Å². The van der Waals surface area contributed by atoms with Crippen LogP contribution < -0.4 is 0 Å². The number of hydrogen-bond acceptors (Lipinski definition) is 6. The minimum Gasteiger partial charge on any atom is -0.465 e. The summed E-state index contributed by atoms with van der Waals surface area (Å²) < 4.78 is 10.4. The Hall–Kier alpha value is -2.24. The molecule has 0 spiro atoms. The van der Waals surface area contributed by atoms with Crippen LogP contribution in [0, 0.1) is 10.8 Å². The van der Waals surface area contributed by atoms with Crippen LogP contribution in [0.2, 0.25) is 0 Å². The van der Waals surface area contributed by atoms with Crippen molar-refractivity contribution in [2.75, 3.05) is 13.2 Å². The molecular weight excluding hydrogens is 336 g/mol. The molecule has 1 fully saturated rings. The molecule has 0 heterocycles. The zero-order valence-corrected chi connectivity index (χ0v) is 15.7. The van der Waals surface area contributed by atoms with Gasteiger partial charge in [-0.1, -0.05) is 11.1 Å². The van der Waals surface area contributed by atoms with Crippen molar-refractivity contribution in [2.24, 2.45) is 10.8 Å². The first-order valence-corrected chi connectivity index (χ1v) is 9.13. The Kier molecular flexibility index (Phi) is 4.41. The largest absolute Gasteiger partial charge is 0.465 e. The van der Waals surface area contributed by atoms with Crippen LogP contribution >= 0.6 is 0 Å². The molecule has 0 N–H and O–H groups in total. The molecule has 0 bridgehead atoms. The number of ketones is 2. The van der Waals surface area contributed by atoms with Crippen LogP contribution in [0.1, 0.15) is 53.4 Å². The lowest BCUT2D eigenvalue weighted by atomic mass is 9.57. The van der Waals surface area contributed by atoms with Gasteiger partial charge in [0.25, 0.3) is 0 Å². The van der Waals surface area contributed by atoms with Gasteiger partial charge in [-0.15, -0.1) is 0 Å². The van der Waals surface area contributed by atoms with E-state index in [0.29, 0.717) is 24.0 Å². The summed E-state index contributed by atoms with van der Waals surface area (Å²) in [5, 5.41) is 0. The first kappa shape index (κ1) is 18.5. The molecule has 0 aromatic rings. The number of carbonyl (C=O) groups is 4. The van der Waals surface area contributed by atoms with E-state index in [1.54, 1.807) is 27.7 Å². The van der Waals surface area contributed by atoms with Crippen molar-refractivity contribution < 1.29 is 28.7 Å². The Morgan fingerprint density at radius 2 is 1.15 bits per heavy atom. The van der Waals surface area contributed by atoms with Gasteiger partial charge < -0.3 is 9.47 Å². The molecule has 0 aromatic carbocycles. The van der Waals surface area contributed by atoms with Crippen LogP contribution in [-0.4, -0.2) is 36.7 Å². The lowest BCUT2D eigenvalue weighted by Crippen LogP contribution is -2.57. The number of rotatable bonds is 4. The van der Waals surface area contributed by atoms with E-state index in [9.17, 15) is 19.2 Å². The highest BCUT2D eigenvalue weighted by atomic mass is 16.5. The van der Waals surface area contributed by atoms with Crippen LogP contribution in [0.3, 0.4) is 0 Å². The minimum atomic E-state index is -1.60. The Balaban J connectivity index is 2.27. The summed E-state index contributed by atoms with van der Waals surface area (Å²) >= 11 is 0. The molecule has 0 amide bonds. The van der Waals surface area contributed by atoms with Crippen LogP contribution in [-0.2, 0) is 28.7 Å². The highest BCUT2D eigenvalue weighted by Gasteiger charge is 2.70. The van der Waals surface area contributed by atoms with E-state index in [0.717, 1.165) is 0 Å². The number of fused-ring (bicyclic) bond motifs is 2. The predicted molar refractivity (Wildman–Crippen MR) is 92.0 cm³/mol. The molecule has 26 heavy (non-hydrogen) atoms. The van der Waals surface area contributed by atoms with Crippen LogP contribution in [0.5, 0.6) is 0 Å². The molecule has 3 rings (SSSR count). The fraction of sp³-hybridized carbons (Fsp3) is 0.600. The number of esters is 2. The van der Waals surface area contributed by atoms with Gasteiger partial charge in [-0.3, -0.25) is 19.2 Å². The Bertz CT molecular complexity index is 720. The molecule has 2 atom stereocenters. The molecule has 6 nitrogen and oxygen atoms in total. The van der Waals surface area contributed by atoms with Crippen molar-refractivity contribution >= 4 is 23.5 Å². The maximum atomic E-state index is 13.6. The third kappa shape index (κ3) is 2.04. The fourth-order valence-corrected chi connectivity index (χ4v) is 4.74. The molecule has 1 saturated carbocycles. The van der Waals surface area contributed by atoms with Crippen molar-refractivity contribution in [1.29, 1.82) is 0 Å². The topological polar surface area (TPSA) is 86.7 Å². The quantitative estimate of drug-likeness (QED) is 0.565. The van der Waals surface area contributed by atoms with E-state index < -0.39 is 34.3 Å². The summed E-state index contributed by atoms with van der Waals surface area (Å²) in [5.41, 5.74) is -1.52. The summed E-state index contributed by atoms with van der Waals surface area (Å²) in [5.74, 6) is -2.28. The Morgan fingerprint density at radius 3 is 1.46 bits per heavy atom. The van der Waals surface area contributed by atoms with Gasteiger partial charge in [0.2, 0.25) is 0 Å². The molecule has 0 saturated heterocycles. The zero-order valence-electron chi connectivity index (χ0n) is 15.7. The molecule has 140 valence electrons. The standard InChI is InChI=1S/C20H24O6/c1-5-25-17(23)19-9-7-11(3)13(19)16(22)20(18(24)26-6-2)10-8-12(4)14(20)15(19)21/h5-10H2,1-4H3/t19-,20-/m0/s1. The molecule has 0 radical (unpaired) electrons. The van der Waals surface area contributed by atoms with Crippen LogP contribution in [0.4, 0.5) is 0 Å². The van der Waals surface area contributed by atoms with E-state index in [-0.39, 0.29) is 37.2 Å². The van der Waals surface area contributed by atoms with Crippen molar-refractivity contribution in [3.8, 4) is 0 Å². The SMILES string of the molecule is CCOC(=O)[C@@]12CCC(C)=C1C(=O)[C@]1(C(=O)OCC)CCC(C)=C1C2=O. The molecule has 0 aliphatic heterocycles. The summed E-state index contributed by atoms with van der Waals surface area (Å²) in [6, 6.07) is 0. The summed E-state index contributed by atoms with van der Waals surface area (Å²) in [4.78, 5) is 52.8. The third-order valence-electron chi connectivity index (χ3n) is 5.93. The van der Waals surface area contributed by atoms with Gasteiger partial charge in [0.15, 0.2) is 22.4 Å². The average Bonchev–Trinajstić information content (AvgIpc) is 3.13. The second-order valence-electron chi connectivity index (χ2n) is 7.22. The first-order chi connectivity index (χ1) is 12.3. The lowest BCUT2D eigenvalue weighted by molar-refractivity contribution is -0.166. The second kappa shape index (κ2) is 6.18. The minimum absolute atomic E-state index is 0.120. The van der Waals surface area contributed by atoms with Gasteiger partial charge in [-0.2, -0.15) is 0 Å². The molecule has 3 aliphatic rings. The van der Waals surface area contributed by atoms with Gasteiger partial charge in [0.1, 0.15) is 0 Å². The molecule has 0 aromatic heterocycles. The fourth-order valence-electron chi connectivity index (χ4n) is 4.74. The third-order valence-corrected chi connectivity index (χ3v) is 5.93. The van der Waals surface area contributed by atoms with Gasteiger partial charge in [0, 0.05) is 11.1 Å². The predicted octanol–water partition coefficient (Wildman–Crippen LogP) is 2.46. The number of Topliss-reactive ketones (excluding diaryl/α,β-unsaturated/α-hetero) is 2. The summed E-state index contributed by atoms with van der Waals surface area (Å²) in [7, 11) is 0. The highest BCUT2D eigenvalue weighted by molar-refractivity contribution is 6.34. The normalized spacial score (nSPS) is 30.5. The van der Waals surface area contributed by atoms with E-state index in [4.69, 9.17) is 9.47 Å². The summed E-state index contributed by atoms with van der Waals surface area (Å²) in [6.45, 7) is 7.06. The van der Waals surface area contributed by atoms with Gasteiger partial charge in [-0.25, -0.2) is 0 Å². The summed E-state index contributed by atoms with van der Waals surface area (Å²) in [6.07, 6.45) is 1.34. The van der Waals surface area contributed by atoms with Crippen molar-refractivity contribution in [1.82, 2.24) is 0 Å². The van der Waals surface area contributed by atoms with E-state index >= 15 is 0 Å². The maximum absolute atomic E-state index is 13.6. The monoisotopic (exact) mass is 360 g/mol. The van der Waals surface area contributed by atoms with Crippen LogP contribution in [0.25, 0.3) is 0 Å². The van der Waals surface area contributed by atoms with Gasteiger partial charge in [0.05, 0.1) is 13.2 Å². The zero-order chi connectivity index (χ0) is 19.3. The Morgan fingerprint density at radius 1 is 0.808 bits per heavy atom. The highest BCUT2D eigenvalue weighted by Crippen LogP contribution is 2.60. The van der Waals surface area contributed by atoms with Crippen molar-refractivity contribution in [3.05, 3.63) is 22.3 Å². The van der Waals surface area contributed by atoms with Gasteiger partial charge >= 0.3 is 11.9 Å². The smallest absolute Gasteiger partial charge is 0.324 e. The molecule has 6 heteroatoms. The average molecular weight is 360 g/mol. The van der Waals surface area contributed by atoms with Crippen molar-refractivity contribution in [2.45, 2.75) is 53.4 Å². The van der Waals surface area contributed by atoms with E-state index in [2.05, 4.69) is 0 Å². The number of carbonyl (C=O) groups excluding carboxylic acids is 4. The molecular formula is C20H24O6. The van der Waals surface area contributed by atoms with Crippen LogP contribution in [0.15, 0.2) is 22.3 Å². The number of allylic oxidation sites excluding steroid dienone is 2. The molecule has 0 unspecified atom stereocenters. The second-order valence-corrected chi connectivity index (χ2v) is 7.22. The van der Waals surface area contributed by atoms with E-state index in [1.807, 2.05) is 0 Å². The number of hydrogen-bond donors (Lipinski definition) is 0. The Labute approximate surface area is 152 Å². The van der Waals surface area contributed by atoms with E-state index in [1.165, 1.54) is 0 Å². The number of ether oxygens (including phenoxy) is 2. The maximum Gasteiger partial charge on any atom is 0.324 e. The first-order valence-electron chi connectivity index (χ1n) is 9.13. The van der Waals surface area contributed by atoms with Gasteiger partial charge in [-0.05, 0) is 53.4 Å². The molecule has 3 aliphatic carbocycles.